The maximum absolute atomic E-state index is 12.2. The number of benzene rings is 1. The first-order chi connectivity index (χ1) is 8.09. The van der Waals surface area contributed by atoms with Crippen molar-refractivity contribution < 1.29 is 4.79 Å². The van der Waals surface area contributed by atoms with Crippen molar-refractivity contribution in [2.45, 2.75) is 39.8 Å². The second kappa shape index (κ2) is 4.91. The zero-order chi connectivity index (χ0) is 12.4. The van der Waals surface area contributed by atoms with Crippen LogP contribution in [0, 0.1) is 11.8 Å². The fourth-order valence-electron chi connectivity index (χ4n) is 2.64. The predicted molar refractivity (Wildman–Crippen MR) is 69.4 cm³/mol. The van der Waals surface area contributed by atoms with E-state index in [-0.39, 0.29) is 5.92 Å². The van der Waals surface area contributed by atoms with Crippen LogP contribution in [-0.2, 0) is 11.3 Å². The first-order valence-electron chi connectivity index (χ1n) is 6.44. The second-order valence-electron chi connectivity index (χ2n) is 5.40. The van der Waals surface area contributed by atoms with Crippen LogP contribution in [0.2, 0.25) is 0 Å². The van der Waals surface area contributed by atoms with Crippen LogP contribution >= 0.6 is 0 Å². The molecule has 0 bridgehead atoms. The van der Waals surface area contributed by atoms with E-state index in [4.69, 9.17) is 0 Å². The van der Waals surface area contributed by atoms with Gasteiger partial charge in [-0.25, -0.2) is 0 Å². The Labute approximate surface area is 104 Å². The minimum Gasteiger partial charge on any atom is -0.335 e. The van der Waals surface area contributed by atoms with Gasteiger partial charge in [0.15, 0.2) is 0 Å². The molecule has 0 aromatic heterocycles. The third-order valence-electron chi connectivity index (χ3n) is 3.67. The Hall–Kier alpha value is -1.31. The van der Waals surface area contributed by atoms with Gasteiger partial charge in [-0.05, 0) is 17.9 Å². The molecule has 0 radical (unpaired) electrons. The molecular formula is C15H21NO. The number of hydrogen-bond donors (Lipinski definition) is 0. The number of amides is 1. The highest BCUT2D eigenvalue weighted by molar-refractivity contribution is 5.81. The molecule has 1 amide bonds. The summed E-state index contributed by atoms with van der Waals surface area (Å²) in [6, 6.07) is 10.7. The Kier molecular flexibility index (Phi) is 3.51. The van der Waals surface area contributed by atoms with Crippen molar-refractivity contribution in [3.8, 4) is 0 Å². The highest BCUT2D eigenvalue weighted by Gasteiger charge is 2.37. The number of carbonyl (C=O) groups excluding carboxylic acids is 1. The molecule has 92 valence electrons. The van der Waals surface area contributed by atoms with Crippen LogP contribution in [0.1, 0.15) is 32.8 Å². The fourth-order valence-corrected chi connectivity index (χ4v) is 2.64. The van der Waals surface area contributed by atoms with Gasteiger partial charge in [-0.3, -0.25) is 4.79 Å². The summed E-state index contributed by atoms with van der Waals surface area (Å²) < 4.78 is 0. The molecule has 17 heavy (non-hydrogen) atoms. The third kappa shape index (κ3) is 2.51. The lowest BCUT2D eigenvalue weighted by atomic mass is 9.98. The van der Waals surface area contributed by atoms with E-state index >= 15 is 0 Å². The summed E-state index contributed by atoms with van der Waals surface area (Å²) in [5.41, 5.74) is 1.22. The molecule has 1 aromatic carbocycles. The molecule has 2 rings (SSSR count). The topological polar surface area (TPSA) is 20.3 Å². The Morgan fingerprint density at radius 3 is 2.53 bits per heavy atom. The van der Waals surface area contributed by atoms with E-state index in [9.17, 15) is 4.79 Å². The number of hydrogen-bond acceptors (Lipinski definition) is 1. The molecule has 1 aliphatic heterocycles. The van der Waals surface area contributed by atoms with Gasteiger partial charge in [0.05, 0.1) is 0 Å². The van der Waals surface area contributed by atoms with Crippen LogP contribution < -0.4 is 0 Å². The lowest BCUT2D eigenvalue weighted by Crippen LogP contribution is -2.36. The van der Waals surface area contributed by atoms with Crippen molar-refractivity contribution in [2.24, 2.45) is 11.8 Å². The van der Waals surface area contributed by atoms with E-state index in [1.54, 1.807) is 0 Å². The smallest absolute Gasteiger partial charge is 0.226 e. The maximum Gasteiger partial charge on any atom is 0.226 e. The SMILES string of the molecule is CC(C)[C@H]1C[C@@H](C)C(=O)N1Cc1ccccc1. The molecule has 1 aliphatic rings. The van der Waals surface area contributed by atoms with Gasteiger partial charge in [0.2, 0.25) is 5.91 Å². The standard InChI is InChI=1S/C15H21NO/c1-11(2)14-9-12(3)15(17)16(14)10-13-7-5-4-6-8-13/h4-8,11-12,14H,9-10H2,1-3H3/t12-,14-/m1/s1. The first kappa shape index (κ1) is 12.2. The fraction of sp³-hybridized carbons (Fsp3) is 0.533. The summed E-state index contributed by atoms with van der Waals surface area (Å²) in [6.07, 6.45) is 1.00. The van der Waals surface area contributed by atoms with Crippen LogP contribution in [0.15, 0.2) is 30.3 Å². The van der Waals surface area contributed by atoms with Crippen molar-refractivity contribution >= 4 is 5.91 Å². The van der Waals surface area contributed by atoms with E-state index in [1.807, 2.05) is 25.1 Å². The minimum absolute atomic E-state index is 0.186. The Balaban J connectivity index is 2.15. The van der Waals surface area contributed by atoms with Crippen LogP contribution in [-0.4, -0.2) is 16.8 Å². The third-order valence-corrected chi connectivity index (χ3v) is 3.67. The summed E-state index contributed by atoms with van der Waals surface area (Å²) in [5.74, 6) is 1.03. The Bertz CT molecular complexity index is 385. The molecule has 2 heteroatoms. The van der Waals surface area contributed by atoms with Crippen LogP contribution in [0.25, 0.3) is 0 Å². The van der Waals surface area contributed by atoms with E-state index < -0.39 is 0 Å². The van der Waals surface area contributed by atoms with E-state index in [1.165, 1.54) is 5.56 Å². The van der Waals surface area contributed by atoms with Crippen LogP contribution in [0.4, 0.5) is 0 Å². The van der Waals surface area contributed by atoms with E-state index in [2.05, 4.69) is 30.9 Å². The van der Waals surface area contributed by atoms with Gasteiger partial charge in [-0.2, -0.15) is 0 Å². The van der Waals surface area contributed by atoms with E-state index in [0.717, 1.165) is 13.0 Å². The second-order valence-corrected chi connectivity index (χ2v) is 5.40. The molecule has 2 nitrogen and oxygen atoms in total. The van der Waals surface area contributed by atoms with Crippen molar-refractivity contribution in [1.29, 1.82) is 0 Å². The molecule has 1 heterocycles. The maximum atomic E-state index is 12.2. The largest absolute Gasteiger partial charge is 0.335 e. The lowest BCUT2D eigenvalue weighted by molar-refractivity contribution is -0.132. The van der Waals surface area contributed by atoms with Gasteiger partial charge in [0.25, 0.3) is 0 Å². The van der Waals surface area contributed by atoms with Gasteiger partial charge in [-0.15, -0.1) is 0 Å². The van der Waals surface area contributed by atoms with Gasteiger partial charge in [-0.1, -0.05) is 51.1 Å². The normalized spacial score (nSPS) is 24.7. The molecule has 0 saturated carbocycles. The van der Waals surface area contributed by atoms with Crippen molar-refractivity contribution in [3.05, 3.63) is 35.9 Å². The van der Waals surface area contributed by atoms with Crippen LogP contribution in [0.3, 0.4) is 0 Å². The first-order valence-corrected chi connectivity index (χ1v) is 6.44. The average molecular weight is 231 g/mol. The molecule has 1 saturated heterocycles. The monoisotopic (exact) mass is 231 g/mol. The van der Waals surface area contributed by atoms with Gasteiger partial charge >= 0.3 is 0 Å². The number of rotatable bonds is 3. The summed E-state index contributed by atoms with van der Waals surface area (Å²) in [6.45, 7) is 7.21. The van der Waals surface area contributed by atoms with Crippen molar-refractivity contribution in [2.75, 3.05) is 0 Å². The van der Waals surface area contributed by atoms with Gasteiger partial charge in [0, 0.05) is 18.5 Å². The molecule has 0 aliphatic carbocycles. The molecule has 1 fully saturated rings. The zero-order valence-corrected chi connectivity index (χ0v) is 10.9. The number of nitrogens with zero attached hydrogens (tertiary/aromatic N) is 1. The molecule has 0 N–H and O–H groups in total. The predicted octanol–water partition coefficient (Wildman–Crippen LogP) is 3.08. The zero-order valence-electron chi connectivity index (χ0n) is 10.9. The summed E-state index contributed by atoms with van der Waals surface area (Å²) in [4.78, 5) is 14.2. The molecular weight excluding hydrogens is 210 g/mol. The van der Waals surface area contributed by atoms with Crippen molar-refractivity contribution in [1.82, 2.24) is 4.90 Å². The number of carbonyl (C=O) groups is 1. The minimum atomic E-state index is 0.186. The highest BCUT2D eigenvalue weighted by atomic mass is 16.2. The summed E-state index contributed by atoms with van der Waals surface area (Å²) in [5, 5.41) is 0. The van der Waals surface area contributed by atoms with E-state index in [0.29, 0.717) is 17.9 Å². The average Bonchev–Trinajstić information content (AvgIpc) is 2.59. The summed E-state index contributed by atoms with van der Waals surface area (Å²) in [7, 11) is 0. The Morgan fingerprint density at radius 2 is 1.94 bits per heavy atom. The lowest BCUT2D eigenvalue weighted by Gasteiger charge is -2.27. The molecule has 0 unspecified atom stereocenters. The highest BCUT2D eigenvalue weighted by Crippen LogP contribution is 2.30. The molecule has 0 spiro atoms. The molecule has 1 aromatic rings. The van der Waals surface area contributed by atoms with Crippen LogP contribution in [0.5, 0.6) is 0 Å². The number of likely N-dealkylation sites (tertiary alicyclic amines) is 1. The molecule has 2 atom stereocenters. The Morgan fingerprint density at radius 1 is 1.29 bits per heavy atom. The quantitative estimate of drug-likeness (QED) is 0.783. The van der Waals surface area contributed by atoms with Gasteiger partial charge < -0.3 is 4.90 Å². The summed E-state index contributed by atoms with van der Waals surface area (Å²) >= 11 is 0. The van der Waals surface area contributed by atoms with Crippen molar-refractivity contribution in [3.63, 3.8) is 0 Å². The van der Waals surface area contributed by atoms with Gasteiger partial charge in [0.1, 0.15) is 0 Å².